The van der Waals surface area contributed by atoms with E-state index in [0.29, 0.717) is 6.54 Å². The van der Waals surface area contributed by atoms with E-state index in [1.807, 2.05) is 6.20 Å². The van der Waals surface area contributed by atoms with Crippen molar-refractivity contribution in [2.75, 3.05) is 18.0 Å². The predicted molar refractivity (Wildman–Crippen MR) is 84.6 cm³/mol. The highest BCUT2D eigenvalue weighted by atomic mass is 15.2. The number of anilines is 1. The molecule has 20 heavy (non-hydrogen) atoms. The van der Waals surface area contributed by atoms with Gasteiger partial charge in [-0.05, 0) is 57.2 Å². The summed E-state index contributed by atoms with van der Waals surface area (Å²) in [7, 11) is 0. The van der Waals surface area contributed by atoms with E-state index in [1.165, 1.54) is 18.4 Å². The molecule has 0 unspecified atom stereocenters. The molecule has 3 heteroatoms. The van der Waals surface area contributed by atoms with Crippen molar-refractivity contribution in [2.24, 2.45) is 5.92 Å². The van der Waals surface area contributed by atoms with Gasteiger partial charge in [0.05, 0.1) is 6.54 Å². The maximum atomic E-state index is 5.48. The number of aromatic nitrogens is 1. The molecular weight excluding hydrogens is 246 g/mol. The molecule has 0 saturated heterocycles. The Morgan fingerprint density at radius 3 is 2.80 bits per heavy atom. The predicted octanol–water partition coefficient (Wildman–Crippen LogP) is 2.82. The van der Waals surface area contributed by atoms with Crippen molar-refractivity contribution in [1.29, 1.82) is 0 Å². The Labute approximate surface area is 122 Å². The first-order valence-corrected chi connectivity index (χ1v) is 7.36. The molecule has 1 fully saturated rings. The topological polar surface area (TPSA) is 28.2 Å². The molecule has 108 valence electrons. The molecule has 0 amide bonds. The number of hydrogen-bond donors (Lipinski definition) is 1. The van der Waals surface area contributed by atoms with Gasteiger partial charge in [-0.3, -0.25) is 0 Å². The molecule has 1 N–H and O–H groups in total. The van der Waals surface area contributed by atoms with Crippen molar-refractivity contribution in [3.8, 4) is 12.3 Å². The highest BCUT2D eigenvalue weighted by Gasteiger charge is 2.24. The molecule has 2 rings (SSSR count). The smallest absolute Gasteiger partial charge is 0.129 e. The molecule has 0 aliphatic heterocycles. The summed E-state index contributed by atoms with van der Waals surface area (Å²) in [6.07, 6.45) is 10.0. The van der Waals surface area contributed by atoms with Gasteiger partial charge in [-0.15, -0.1) is 6.42 Å². The Kier molecular flexibility index (Phi) is 4.67. The molecular formula is C17H25N3. The molecule has 1 aromatic rings. The van der Waals surface area contributed by atoms with Crippen LogP contribution in [0.2, 0.25) is 0 Å². The number of nitrogens with zero attached hydrogens (tertiary/aromatic N) is 2. The van der Waals surface area contributed by atoms with Gasteiger partial charge in [-0.25, -0.2) is 4.98 Å². The minimum Gasteiger partial charge on any atom is -0.345 e. The Hall–Kier alpha value is -1.53. The monoisotopic (exact) mass is 271 g/mol. The van der Waals surface area contributed by atoms with E-state index >= 15 is 0 Å². The summed E-state index contributed by atoms with van der Waals surface area (Å²) in [4.78, 5) is 6.71. The van der Waals surface area contributed by atoms with Gasteiger partial charge in [-0.1, -0.05) is 5.92 Å². The fraction of sp³-hybridized carbons (Fsp3) is 0.588. The Morgan fingerprint density at radius 1 is 1.45 bits per heavy atom. The highest BCUT2D eigenvalue weighted by molar-refractivity contribution is 5.42. The molecule has 3 nitrogen and oxygen atoms in total. The zero-order valence-electron chi connectivity index (χ0n) is 12.8. The van der Waals surface area contributed by atoms with E-state index in [1.54, 1.807) is 0 Å². The lowest BCUT2D eigenvalue weighted by Gasteiger charge is -2.23. The first-order valence-electron chi connectivity index (χ1n) is 7.36. The molecule has 0 radical (unpaired) electrons. The largest absolute Gasteiger partial charge is 0.345 e. The number of hydrogen-bond acceptors (Lipinski definition) is 3. The second-order valence-electron chi connectivity index (χ2n) is 6.65. The molecule has 0 atom stereocenters. The maximum absolute atomic E-state index is 5.48. The fourth-order valence-electron chi connectivity index (χ4n) is 2.07. The Bertz CT molecular complexity index is 478. The van der Waals surface area contributed by atoms with Crippen molar-refractivity contribution < 1.29 is 0 Å². The molecule has 1 saturated carbocycles. The molecule has 0 aromatic carbocycles. The third-order valence-electron chi connectivity index (χ3n) is 3.41. The van der Waals surface area contributed by atoms with Crippen LogP contribution in [0, 0.1) is 18.3 Å². The minimum atomic E-state index is 0.121. The summed E-state index contributed by atoms with van der Waals surface area (Å²) in [6, 6.07) is 4.21. The fourth-order valence-corrected chi connectivity index (χ4v) is 2.07. The van der Waals surface area contributed by atoms with Gasteiger partial charge in [-0.2, -0.15) is 0 Å². The third kappa shape index (κ3) is 4.86. The number of pyridine rings is 1. The van der Waals surface area contributed by atoms with Gasteiger partial charge >= 0.3 is 0 Å². The Morgan fingerprint density at radius 2 is 2.20 bits per heavy atom. The molecule has 1 aromatic heterocycles. The van der Waals surface area contributed by atoms with Crippen LogP contribution in [0.1, 0.15) is 39.2 Å². The SMILES string of the molecule is C#CCN(CC1CC1)c1cc(CNC(C)(C)C)ccn1. The Balaban J connectivity index is 2.04. The van der Waals surface area contributed by atoms with E-state index in [9.17, 15) is 0 Å². The van der Waals surface area contributed by atoms with Crippen molar-refractivity contribution in [3.05, 3.63) is 23.9 Å². The van der Waals surface area contributed by atoms with Crippen LogP contribution in [0.15, 0.2) is 18.3 Å². The van der Waals surface area contributed by atoms with Crippen LogP contribution in [0.4, 0.5) is 5.82 Å². The second-order valence-corrected chi connectivity index (χ2v) is 6.65. The van der Waals surface area contributed by atoms with Gasteiger partial charge in [0.2, 0.25) is 0 Å². The van der Waals surface area contributed by atoms with Crippen LogP contribution in [0.3, 0.4) is 0 Å². The quantitative estimate of drug-likeness (QED) is 0.806. The maximum Gasteiger partial charge on any atom is 0.129 e. The second kappa shape index (κ2) is 6.28. The minimum absolute atomic E-state index is 0.121. The molecule has 0 bridgehead atoms. The first-order chi connectivity index (χ1) is 9.48. The van der Waals surface area contributed by atoms with Crippen molar-refractivity contribution >= 4 is 5.82 Å². The van der Waals surface area contributed by atoms with Crippen LogP contribution in [0.25, 0.3) is 0 Å². The third-order valence-corrected chi connectivity index (χ3v) is 3.41. The molecule has 1 heterocycles. The average Bonchev–Trinajstić information content (AvgIpc) is 3.19. The lowest BCUT2D eigenvalue weighted by molar-refractivity contribution is 0.424. The summed E-state index contributed by atoms with van der Waals surface area (Å²) in [5, 5.41) is 3.50. The van der Waals surface area contributed by atoms with E-state index in [-0.39, 0.29) is 5.54 Å². The van der Waals surface area contributed by atoms with Gasteiger partial charge < -0.3 is 10.2 Å². The van der Waals surface area contributed by atoms with Crippen LogP contribution < -0.4 is 10.2 Å². The van der Waals surface area contributed by atoms with E-state index < -0.39 is 0 Å². The van der Waals surface area contributed by atoms with E-state index in [0.717, 1.165) is 24.8 Å². The van der Waals surface area contributed by atoms with E-state index in [4.69, 9.17) is 6.42 Å². The number of terminal acetylenes is 1. The van der Waals surface area contributed by atoms with Crippen LogP contribution in [0.5, 0.6) is 0 Å². The average molecular weight is 271 g/mol. The van der Waals surface area contributed by atoms with Crippen molar-refractivity contribution in [1.82, 2.24) is 10.3 Å². The summed E-state index contributed by atoms with van der Waals surface area (Å²) >= 11 is 0. The lowest BCUT2D eigenvalue weighted by Crippen LogP contribution is -2.35. The van der Waals surface area contributed by atoms with Gasteiger partial charge in [0.15, 0.2) is 0 Å². The standard InChI is InChI=1S/C17H25N3/c1-5-10-20(13-14-6-7-14)16-11-15(8-9-18-16)12-19-17(2,3)4/h1,8-9,11,14,19H,6-7,10,12-13H2,2-4H3. The van der Waals surface area contributed by atoms with Crippen LogP contribution in [-0.2, 0) is 6.54 Å². The zero-order chi connectivity index (χ0) is 14.6. The van der Waals surface area contributed by atoms with Crippen molar-refractivity contribution in [3.63, 3.8) is 0 Å². The van der Waals surface area contributed by atoms with Gasteiger partial charge in [0, 0.05) is 24.8 Å². The summed E-state index contributed by atoms with van der Waals surface area (Å²) in [6.45, 7) is 9.05. The van der Waals surface area contributed by atoms with Gasteiger partial charge in [0.25, 0.3) is 0 Å². The van der Waals surface area contributed by atoms with Crippen LogP contribution >= 0.6 is 0 Å². The molecule has 0 spiro atoms. The molecule has 1 aliphatic rings. The highest BCUT2D eigenvalue weighted by Crippen LogP contribution is 2.31. The lowest BCUT2D eigenvalue weighted by atomic mass is 10.1. The van der Waals surface area contributed by atoms with Crippen LogP contribution in [-0.4, -0.2) is 23.6 Å². The summed E-state index contributed by atoms with van der Waals surface area (Å²) in [5.41, 5.74) is 1.37. The number of rotatable bonds is 6. The molecule has 1 aliphatic carbocycles. The first kappa shape index (κ1) is 14.9. The zero-order valence-corrected chi connectivity index (χ0v) is 12.8. The number of nitrogens with one attached hydrogen (secondary N) is 1. The summed E-state index contributed by atoms with van der Waals surface area (Å²) in [5.74, 6) is 4.56. The normalized spacial score (nSPS) is 14.9. The van der Waals surface area contributed by atoms with Gasteiger partial charge in [0.1, 0.15) is 5.82 Å². The summed E-state index contributed by atoms with van der Waals surface area (Å²) < 4.78 is 0. The van der Waals surface area contributed by atoms with E-state index in [2.05, 4.69) is 54.0 Å². The van der Waals surface area contributed by atoms with Crippen molar-refractivity contribution in [2.45, 2.75) is 45.7 Å².